The zero-order valence-corrected chi connectivity index (χ0v) is 11.2. The lowest BCUT2D eigenvalue weighted by molar-refractivity contribution is 0.286. The predicted molar refractivity (Wildman–Crippen MR) is 72.4 cm³/mol. The quantitative estimate of drug-likeness (QED) is 0.656. The summed E-state index contributed by atoms with van der Waals surface area (Å²) >= 11 is 0. The fourth-order valence-corrected chi connectivity index (χ4v) is 1.76. The van der Waals surface area contributed by atoms with Gasteiger partial charge in [-0.3, -0.25) is 0 Å². The molecule has 0 aliphatic heterocycles. The fraction of sp³-hybridized carbons (Fsp3) is 0.571. The number of hydrogen-bond donors (Lipinski definition) is 2. The Morgan fingerprint density at radius 2 is 1.61 bits per heavy atom. The first kappa shape index (κ1) is 14.8. The van der Waals surface area contributed by atoms with E-state index in [2.05, 4.69) is 5.32 Å². The third-order valence-corrected chi connectivity index (χ3v) is 2.74. The van der Waals surface area contributed by atoms with Crippen molar-refractivity contribution in [1.29, 1.82) is 0 Å². The molecule has 0 aliphatic carbocycles. The molecular weight excluding hydrogens is 230 g/mol. The standard InChI is InChI=1S/C14H23NO3/c1-17-13-9-12(10-14(11-13)18-2)5-3-6-15-7-4-8-16/h9-11,15-16H,3-8H2,1-2H3. The number of hydrogen-bond acceptors (Lipinski definition) is 4. The van der Waals surface area contributed by atoms with Crippen LogP contribution in [-0.4, -0.2) is 39.0 Å². The number of nitrogens with one attached hydrogen (secondary N) is 1. The van der Waals surface area contributed by atoms with Gasteiger partial charge in [-0.25, -0.2) is 0 Å². The van der Waals surface area contributed by atoms with Gasteiger partial charge in [0.1, 0.15) is 11.5 Å². The Morgan fingerprint density at radius 3 is 2.17 bits per heavy atom. The van der Waals surface area contributed by atoms with Crippen molar-refractivity contribution in [2.45, 2.75) is 19.3 Å². The smallest absolute Gasteiger partial charge is 0.122 e. The normalized spacial score (nSPS) is 10.4. The van der Waals surface area contributed by atoms with Crippen LogP contribution in [0.4, 0.5) is 0 Å². The maximum Gasteiger partial charge on any atom is 0.122 e. The van der Waals surface area contributed by atoms with Crippen molar-refractivity contribution in [3.63, 3.8) is 0 Å². The first-order chi connectivity index (χ1) is 8.80. The highest BCUT2D eigenvalue weighted by Crippen LogP contribution is 2.23. The molecule has 0 aliphatic rings. The second kappa shape index (κ2) is 8.78. The van der Waals surface area contributed by atoms with E-state index in [1.54, 1.807) is 14.2 Å². The van der Waals surface area contributed by atoms with Gasteiger partial charge in [-0.05, 0) is 50.0 Å². The van der Waals surface area contributed by atoms with E-state index in [1.807, 2.05) is 18.2 Å². The van der Waals surface area contributed by atoms with Crippen molar-refractivity contribution in [3.8, 4) is 11.5 Å². The van der Waals surface area contributed by atoms with Crippen LogP contribution in [-0.2, 0) is 6.42 Å². The van der Waals surface area contributed by atoms with E-state index in [9.17, 15) is 0 Å². The van der Waals surface area contributed by atoms with Crippen LogP contribution in [0.25, 0.3) is 0 Å². The molecule has 0 atom stereocenters. The molecule has 0 spiro atoms. The molecule has 4 heteroatoms. The molecule has 1 aromatic carbocycles. The average Bonchev–Trinajstić information content (AvgIpc) is 2.42. The minimum absolute atomic E-state index is 0.250. The minimum Gasteiger partial charge on any atom is -0.497 e. The SMILES string of the molecule is COc1cc(CCCNCCCO)cc(OC)c1. The summed E-state index contributed by atoms with van der Waals surface area (Å²) in [5.41, 5.74) is 1.22. The summed E-state index contributed by atoms with van der Waals surface area (Å²) < 4.78 is 10.5. The fourth-order valence-electron chi connectivity index (χ4n) is 1.76. The number of methoxy groups -OCH3 is 2. The van der Waals surface area contributed by atoms with E-state index < -0.39 is 0 Å². The molecule has 0 bridgehead atoms. The van der Waals surface area contributed by atoms with Gasteiger partial charge in [0.2, 0.25) is 0 Å². The van der Waals surface area contributed by atoms with Crippen molar-refractivity contribution in [2.75, 3.05) is 33.9 Å². The van der Waals surface area contributed by atoms with Gasteiger partial charge < -0.3 is 19.9 Å². The van der Waals surface area contributed by atoms with E-state index in [-0.39, 0.29) is 6.61 Å². The van der Waals surface area contributed by atoms with Crippen molar-refractivity contribution < 1.29 is 14.6 Å². The van der Waals surface area contributed by atoms with E-state index in [0.717, 1.165) is 43.9 Å². The Bertz CT molecular complexity index is 320. The Hall–Kier alpha value is -1.26. The Kier molecular flexibility index (Phi) is 7.22. The number of aliphatic hydroxyl groups is 1. The Balaban J connectivity index is 2.36. The number of aliphatic hydroxyl groups excluding tert-OH is 1. The van der Waals surface area contributed by atoms with Gasteiger partial charge in [0.25, 0.3) is 0 Å². The van der Waals surface area contributed by atoms with Gasteiger partial charge in [0, 0.05) is 12.7 Å². The summed E-state index contributed by atoms with van der Waals surface area (Å²) in [5, 5.41) is 11.9. The van der Waals surface area contributed by atoms with Gasteiger partial charge in [-0.15, -0.1) is 0 Å². The molecule has 0 radical (unpaired) electrons. The lowest BCUT2D eigenvalue weighted by Gasteiger charge is -2.08. The van der Waals surface area contributed by atoms with Crippen LogP contribution >= 0.6 is 0 Å². The van der Waals surface area contributed by atoms with Crippen LogP contribution in [0.3, 0.4) is 0 Å². The second-order valence-electron chi connectivity index (χ2n) is 4.15. The topological polar surface area (TPSA) is 50.7 Å². The van der Waals surface area contributed by atoms with Crippen LogP contribution in [0.2, 0.25) is 0 Å². The highest BCUT2D eigenvalue weighted by molar-refractivity contribution is 5.38. The van der Waals surface area contributed by atoms with Crippen LogP contribution < -0.4 is 14.8 Å². The molecule has 0 fully saturated rings. The van der Waals surface area contributed by atoms with Gasteiger partial charge in [0.05, 0.1) is 14.2 Å². The zero-order chi connectivity index (χ0) is 13.2. The lowest BCUT2D eigenvalue weighted by atomic mass is 10.1. The van der Waals surface area contributed by atoms with Gasteiger partial charge in [0.15, 0.2) is 0 Å². The maximum absolute atomic E-state index is 8.65. The lowest BCUT2D eigenvalue weighted by Crippen LogP contribution is -2.18. The summed E-state index contributed by atoms with van der Waals surface area (Å²) in [5.74, 6) is 1.66. The average molecular weight is 253 g/mol. The third-order valence-electron chi connectivity index (χ3n) is 2.74. The number of rotatable bonds is 9. The molecule has 0 aromatic heterocycles. The van der Waals surface area contributed by atoms with Crippen molar-refractivity contribution in [3.05, 3.63) is 23.8 Å². The molecule has 1 aromatic rings. The molecule has 0 saturated carbocycles. The van der Waals surface area contributed by atoms with Gasteiger partial charge in [-0.1, -0.05) is 0 Å². The molecule has 18 heavy (non-hydrogen) atoms. The molecule has 0 unspecified atom stereocenters. The largest absolute Gasteiger partial charge is 0.497 e. The summed E-state index contributed by atoms with van der Waals surface area (Å²) in [4.78, 5) is 0. The second-order valence-corrected chi connectivity index (χ2v) is 4.15. The summed E-state index contributed by atoms with van der Waals surface area (Å²) in [6.45, 7) is 2.08. The number of benzene rings is 1. The van der Waals surface area contributed by atoms with E-state index >= 15 is 0 Å². The van der Waals surface area contributed by atoms with Crippen LogP contribution in [0.1, 0.15) is 18.4 Å². The van der Waals surface area contributed by atoms with E-state index in [1.165, 1.54) is 5.56 Å². The third kappa shape index (κ3) is 5.38. The van der Waals surface area contributed by atoms with Gasteiger partial charge >= 0.3 is 0 Å². The molecule has 2 N–H and O–H groups in total. The van der Waals surface area contributed by atoms with Crippen molar-refractivity contribution in [2.24, 2.45) is 0 Å². The molecule has 102 valence electrons. The van der Waals surface area contributed by atoms with E-state index in [4.69, 9.17) is 14.6 Å². The minimum atomic E-state index is 0.250. The first-order valence-electron chi connectivity index (χ1n) is 6.33. The first-order valence-corrected chi connectivity index (χ1v) is 6.33. The monoisotopic (exact) mass is 253 g/mol. The summed E-state index contributed by atoms with van der Waals surface area (Å²) in [6, 6.07) is 5.95. The summed E-state index contributed by atoms with van der Waals surface area (Å²) in [6.07, 6.45) is 2.86. The highest BCUT2D eigenvalue weighted by atomic mass is 16.5. The maximum atomic E-state index is 8.65. The molecule has 0 amide bonds. The van der Waals surface area contributed by atoms with Crippen LogP contribution in [0, 0.1) is 0 Å². The van der Waals surface area contributed by atoms with Crippen molar-refractivity contribution in [1.82, 2.24) is 5.32 Å². The molecule has 1 rings (SSSR count). The van der Waals surface area contributed by atoms with Gasteiger partial charge in [-0.2, -0.15) is 0 Å². The Labute approximate surface area is 109 Å². The molecule has 4 nitrogen and oxygen atoms in total. The highest BCUT2D eigenvalue weighted by Gasteiger charge is 2.01. The molecule has 0 saturated heterocycles. The molecule has 0 heterocycles. The summed E-state index contributed by atoms with van der Waals surface area (Å²) in [7, 11) is 3.32. The number of aryl methyl sites for hydroxylation is 1. The number of ether oxygens (including phenoxy) is 2. The zero-order valence-electron chi connectivity index (χ0n) is 11.2. The molecular formula is C14H23NO3. The van der Waals surface area contributed by atoms with Crippen molar-refractivity contribution >= 4 is 0 Å². The van der Waals surface area contributed by atoms with Crippen LogP contribution in [0.15, 0.2) is 18.2 Å². The predicted octanol–water partition coefficient (Wildman–Crippen LogP) is 1.61. The van der Waals surface area contributed by atoms with E-state index in [0.29, 0.717) is 0 Å². The van der Waals surface area contributed by atoms with Crippen LogP contribution in [0.5, 0.6) is 11.5 Å². The Morgan fingerprint density at radius 1 is 1.00 bits per heavy atom.